The summed E-state index contributed by atoms with van der Waals surface area (Å²) in [4.78, 5) is 4.26. The molecule has 0 atom stereocenters. The average molecular weight is 303 g/mol. The van der Waals surface area contributed by atoms with Crippen molar-refractivity contribution in [1.82, 2.24) is 5.43 Å². The minimum Gasteiger partial charge on any atom is -0.324 e. The number of hydrogen-bond acceptors (Lipinski definition) is 2. The van der Waals surface area contributed by atoms with Crippen LogP contribution < -0.4 is 16.6 Å². The SMILES string of the molecule is CC(C)CN=C(NN)Nc1ccc(F)cc1Br. The molecule has 6 heteroatoms. The van der Waals surface area contributed by atoms with E-state index < -0.39 is 0 Å². The van der Waals surface area contributed by atoms with E-state index in [4.69, 9.17) is 5.84 Å². The van der Waals surface area contributed by atoms with E-state index in [0.29, 0.717) is 28.6 Å². The van der Waals surface area contributed by atoms with E-state index in [2.05, 4.69) is 45.5 Å². The Hall–Kier alpha value is -1.14. The van der Waals surface area contributed by atoms with Crippen LogP contribution in [0.2, 0.25) is 0 Å². The van der Waals surface area contributed by atoms with Crippen molar-refractivity contribution in [3.8, 4) is 0 Å². The molecule has 0 aromatic heterocycles. The number of aliphatic imine (C=N–C) groups is 1. The summed E-state index contributed by atoms with van der Waals surface area (Å²) >= 11 is 3.26. The molecule has 4 nitrogen and oxygen atoms in total. The number of nitrogens with zero attached hydrogens (tertiary/aromatic N) is 1. The van der Waals surface area contributed by atoms with Gasteiger partial charge in [0.25, 0.3) is 0 Å². The van der Waals surface area contributed by atoms with Crippen LogP contribution in [0.15, 0.2) is 27.7 Å². The summed E-state index contributed by atoms with van der Waals surface area (Å²) in [5, 5.41) is 2.98. The van der Waals surface area contributed by atoms with E-state index in [1.807, 2.05) is 0 Å². The molecule has 17 heavy (non-hydrogen) atoms. The molecular weight excluding hydrogens is 287 g/mol. The minimum absolute atomic E-state index is 0.302. The molecule has 1 rings (SSSR count). The van der Waals surface area contributed by atoms with Gasteiger partial charge in [0, 0.05) is 11.0 Å². The Morgan fingerprint density at radius 3 is 2.76 bits per heavy atom. The van der Waals surface area contributed by atoms with E-state index in [0.717, 1.165) is 0 Å². The molecule has 0 aliphatic heterocycles. The molecule has 0 spiro atoms. The van der Waals surface area contributed by atoms with Crippen molar-refractivity contribution < 1.29 is 4.39 Å². The number of hydrazine groups is 1. The normalized spacial score (nSPS) is 11.8. The van der Waals surface area contributed by atoms with Crippen molar-refractivity contribution in [2.75, 3.05) is 11.9 Å². The van der Waals surface area contributed by atoms with Gasteiger partial charge in [-0.1, -0.05) is 13.8 Å². The van der Waals surface area contributed by atoms with Gasteiger partial charge in [-0.05, 0) is 40.0 Å². The third-order valence-electron chi connectivity index (χ3n) is 1.94. The van der Waals surface area contributed by atoms with Crippen molar-refractivity contribution in [1.29, 1.82) is 0 Å². The molecule has 0 unspecified atom stereocenters. The molecule has 0 saturated heterocycles. The number of guanidine groups is 1. The first-order valence-electron chi connectivity index (χ1n) is 5.26. The second kappa shape index (κ2) is 6.56. The monoisotopic (exact) mass is 302 g/mol. The van der Waals surface area contributed by atoms with Gasteiger partial charge in [-0.15, -0.1) is 0 Å². The average Bonchev–Trinajstić information content (AvgIpc) is 2.26. The zero-order chi connectivity index (χ0) is 12.8. The maximum absolute atomic E-state index is 12.9. The lowest BCUT2D eigenvalue weighted by Crippen LogP contribution is -2.36. The molecule has 1 aromatic rings. The molecule has 0 bridgehead atoms. The highest BCUT2D eigenvalue weighted by Gasteiger charge is 2.04. The number of nitrogens with two attached hydrogens (primary N) is 1. The molecular formula is C11H16BrFN4. The number of benzene rings is 1. The molecule has 94 valence electrons. The summed E-state index contributed by atoms with van der Waals surface area (Å²) in [7, 11) is 0. The second-order valence-electron chi connectivity index (χ2n) is 3.98. The van der Waals surface area contributed by atoms with E-state index in [1.54, 1.807) is 6.07 Å². The van der Waals surface area contributed by atoms with Crippen LogP contribution in [-0.2, 0) is 0 Å². The van der Waals surface area contributed by atoms with Crippen molar-refractivity contribution in [2.45, 2.75) is 13.8 Å². The Bertz CT molecular complexity index is 406. The summed E-state index contributed by atoms with van der Waals surface area (Å²) < 4.78 is 13.5. The van der Waals surface area contributed by atoms with Gasteiger partial charge in [-0.25, -0.2) is 10.2 Å². The molecule has 1 aromatic carbocycles. The van der Waals surface area contributed by atoms with Crippen LogP contribution in [-0.4, -0.2) is 12.5 Å². The molecule has 4 N–H and O–H groups in total. The standard InChI is InChI=1S/C11H16BrFN4/c1-7(2)6-15-11(17-14)16-10-4-3-8(13)5-9(10)12/h3-5,7H,6,14H2,1-2H3,(H2,15,16,17). The quantitative estimate of drug-likeness (QED) is 0.348. The highest BCUT2D eigenvalue weighted by atomic mass is 79.9. The van der Waals surface area contributed by atoms with E-state index in [-0.39, 0.29) is 5.82 Å². The molecule has 0 aliphatic rings. The van der Waals surface area contributed by atoms with Gasteiger partial charge in [-0.3, -0.25) is 10.4 Å². The third-order valence-corrected chi connectivity index (χ3v) is 2.59. The zero-order valence-electron chi connectivity index (χ0n) is 9.80. The van der Waals surface area contributed by atoms with Crippen molar-refractivity contribution in [3.05, 3.63) is 28.5 Å². The topological polar surface area (TPSA) is 62.4 Å². The fourth-order valence-electron chi connectivity index (χ4n) is 1.11. The predicted molar refractivity (Wildman–Crippen MR) is 72.2 cm³/mol. The second-order valence-corrected chi connectivity index (χ2v) is 4.83. The lowest BCUT2D eigenvalue weighted by Gasteiger charge is -2.11. The molecule has 0 radical (unpaired) electrons. The first kappa shape index (κ1) is 13.9. The first-order chi connectivity index (χ1) is 8.02. The van der Waals surface area contributed by atoms with Crippen LogP contribution in [0.3, 0.4) is 0 Å². The van der Waals surface area contributed by atoms with Gasteiger partial charge in [0.2, 0.25) is 5.96 Å². The van der Waals surface area contributed by atoms with Crippen LogP contribution >= 0.6 is 15.9 Å². The Balaban J connectivity index is 2.77. The molecule has 0 aliphatic carbocycles. The van der Waals surface area contributed by atoms with Crippen LogP contribution in [0.4, 0.5) is 10.1 Å². The maximum Gasteiger partial charge on any atom is 0.210 e. The summed E-state index contributed by atoms with van der Waals surface area (Å²) in [5.74, 6) is 5.94. The number of rotatable bonds is 3. The third kappa shape index (κ3) is 4.70. The number of hydrogen-bond donors (Lipinski definition) is 3. The fraction of sp³-hybridized carbons (Fsp3) is 0.364. The Morgan fingerprint density at radius 2 is 2.24 bits per heavy atom. The van der Waals surface area contributed by atoms with Crippen LogP contribution in [0.1, 0.15) is 13.8 Å². The smallest absolute Gasteiger partial charge is 0.210 e. The van der Waals surface area contributed by atoms with Gasteiger partial charge in [0.15, 0.2) is 0 Å². The largest absolute Gasteiger partial charge is 0.324 e. The predicted octanol–water partition coefficient (Wildman–Crippen LogP) is 2.48. The van der Waals surface area contributed by atoms with Gasteiger partial charge in [0.1, 0.15) is 5.82 Å². The van der Waals surface area contributed by atoms with Crippen LogP contribution in [0.25, 0.3) is 0 Å². The van der Waals surface area contributed by atoms with Gasteiger partial charge < -0.3 is 5.32 Å². The summed E-state index contributed by atoms with van der Waals surface area (Å²) in [6, 6.07) is 4.35. The van der Waals surface area contributed by atoms with Gasteiger partial charge in [0.05, 0.1) is 5.69 Å². The highest BCUT2D eigenvalue weighted by Crippen LogP contribution is 2.22. The van der Waals surface area contributed by atoms with Crippen LogP contribution in [0, 0.1) is 11.7 Å². The van der Waals surface area contributed by atoms with Crippen molar-refractivity contribution >= 4 is 27.6 Å². The summed E-state index contributed by atoms with van der Waals surface area (Å²) in [6.45, 7) is 4.78. The van der Waals surface area contributed by atoms with E-state index in [1.165, 1.54) is 12.1 Å². The fourth-order valence-corrected chi connectivity index (χ4v) is 1.56. The zero-order valence-corrected chi connectivity index (χ0v) is 11.4. The number of nitrogens with one attached hydrogen (secondary N) is 2. The lowest BCUT2D eigenvalue weighted by molar-refractivity contribution is 0.627. The Morgan fingerprint density at radius 1 is 1.53 bits per heavy atom. The molecule has 0 heterocycles. The summed E-state index contributed by atoms with van der Waals surface area (Å²) in [5.41, 5.74) is 3.17. The minimum atomic E-state index is -0.302. The first-order valence-corrected chi connectivity index (χ1v) is 6.05. The highest BCUT2D eigenvalue weighted by molar-refractivity contribution is 9.10. The maximum atomic E-state index is 12.9. The van der Waals surface area contributed by atoms with Crippen LogP contribution in [0.5, 0.6) is 0 Å². The van der Waals surface area contributed by atoms with Crippen molar-refractivity contribution in [2.24, 2.45) is 16.8 Å². The van der Waals surface area contributed by atoms with E-state index in [9.17, 15) is 4.39 Å². The number of anilines is 1. The molecule has 0 fully saturated rings. The Kier molecular flexibility index (Phi) is 5.37. The summed E-state index contributed by atoms with van der Waals surface area (Å²) in [6.07, 6.45) is 0. The molecule has 0 amide bonds. The van der Waals surface area contributed by atoms with E-state index >= 15 is 0 Å². The Labute approximate surface area is 109 Å². The van der Waals surface area contributed by atoms with Gasteiger partial charge >= 0.3 is 0 Å². The number of halogens is 2. The van der Waals surface area contributed by atoms with Gasteiger partial charge in [-0.2, -0.15) is 0 Å². The molecule has 0 saturated carbocycles. The van der Waals surface area contributed by atoms with Crippen molar-refractivity contribution in [3.63, 3.8) is 0 Å². The lowest BCUT2D eigenvalue weighted by atomic mass is 10.2.